The smallest absolute Gasteiger partial charge is 0.00363 e. The Balaban J connectivity index is 2.39. The van der Waals surface area contributed by atoms with Crippen molar-refractivity contribution in [3.63, 3.8) is 0 Å². The predicted molar refractivity (Wildman–Crippen MR) is 62.6 cm³/mol. The summed E-state index contributed by atoms with van der Waals surface area (Å²) in [6, 6.07) is 11.3. The van der Waals surface area contributed by atoms with Crippen LogP contribution in [0.25, 0.3) is 0 Å². The highest BCUT2D eigenvalue weighted by atomic mass is 14.9. The standard InChI is InChI=1S/C13H21N/c1-4-12(3)14-10-11(2)13-8-6-5-7-9-13/h5-9,11-12,14H,4,10H2,1-3H3/t11-,12+/m0/s1. The van der Waals surface area contributed by atoms with Crippen LogP contribution in [0.1, 0.15) is 38.7 Å². The number of nitrogens with one attached hydrogen (secondary N) is 1. The van der Waals surface area contributed by atoms with Crippen LogP contribution in [0.3, 0.4) is 0 Å². The average Bonchev–Trinajstić information content (AvgIpc) is 2.26. The molecule has 1 nitrogen and oxygen atoms in total. The predicted octanol–water partition coefficient (Wildman–Crippen LogP) is 3.18. The fourth-order valence-electron chi connectivity index (χ4n) is 1.42. The summed E-state index contributed by atoms with van der Waals surface area (Å²) >= 11 is 0. The van der Waals surface area contributed by atoms with Gasteiger partial charge in [0.25, 0.3) is 0 Å². The fourth-order valence-corrected chi connectivity index (χ4v) is 1.42. The molecule has 0 spiro atoms. The Kier molecular flexibility index (Phi) is 4.68. The average molecular weight is 191 g/mol. The molecule has 0 heterocycles. The molecule has 2 atom stereocenters. The summed E-state index contributed by atoms with van der Waals surface area (Å²) in [7, 11) is 0. The van der Waals surface area contributed by atoms with Gasteiger partial charge in [-0.05, 0) is 24.8 Å². The van der Waals surface area contributed by atoms with Crippen LogP contribution in [0.4, 0.5) is 0 Å². The van der Waals surface area contributed by atoms with Gasteiger partial charge in [0.2, 0.25) is 0 Å². The van der Waals surface area contributed by atoms with Gasteiger partial charge in [0.15, 0.2) is 0 Å². The molecule has 78 valence electrons. The van der Waals surface area contributed by atoms with E-state index >= 15 is 0 Å². The fraction of sp³-hybridized carbons (Fsp3) is 0.538. The van der Waals surface area contributed by atoms with E-state index in [2.05, 4.69) is 56.4 Å². The van der Waals surface area contributed by atoms with E-state index in [1.807, 2.05) is 0 Å². The maximum atomic E-state index is 3.53. The summed E-state index contributed by atoms with van der Waals surface area (Å²) < 4.78 is 0. The van der Waals surface area contributed by atoms with Crippen molar-refractivity contribution in [2.75, 3.05) is 6.54 Å². The van der Waals surface area contributed by atoms with Gasteiger partial charge in [0.1, 0.15) is 0 Å². The van der Waals surface area contributed by atoms with Crippen LogP contribution in [0.5, 0.6) is 0 Å². The van der Waals surface area contributed by atoms with Crippen molar-refractivity contribution in [2.45, 2.75) is 39.2 Å². The lowest BCUT2D eigenvalue weighted by Crippen LogP contribution is -2.28. The number of rotatable bonds is 5. The van der Waals surface area contributed by atoms with Crippen molar-refractivity contribution in [1.29, 1.82) is 0 Å². The van der Waals surface area contributed by atoms with E-state index in [0.29, 0.717) is 12.0 Å². The van der Waals surface area contributed by atoms with Gasteiger partial charge in [-0.25, -0.2) is 0 Å². The minimum absolute atomic E-state index is 0.602. The zero-order chi connectivity index (χ0) is 10.4. The molecule has 0 aromatic heterocycles. The van der Waals surface area contributed by atoms with Crippen molar-refractivity contribution in [3.8, 4) is 0 Å². The zero-order valence-corrected chi connectivity index (χ0v) is 9.46. The highest BCUT2D eigenvalue weighted by Gasteiger charge is 2.05. The van der Waals surface area contributed by atoms with Gasteiger partial charge in [0, 0.05) is 12.6 Å². The number of hydrogen-bond donors (Lipinski definition) is 1. The van der Waals surface area contributed by atoms with E-state index in [9.17, 15) is 0 Å². The van der Waals surface area contributed by atoms with Gasteiger partial charge < -0.3 is 5.32 Å². The topological polar surface area (TPSA) is 12.0 Å². The van der Waals surface area contributed by atoms with Crippen molar-refractivity contribution in [1.82, 2.24) is 5.32 Å². The Hall–Kier alpha value is -0.820. The summed E-state index contributed by atoms with van der Waals surface area (Å²) in [6.07, 6.45) is 1.20. The van der Waals surface area contributed by atoms with Crippen molar-refractivity contribution in [3.05, 3.63) is 35.9 Å². The van der Waals surface area contributed by atoms with Gasteiger partial charge in [-0.2, -0.15) is 0 Å². The quantitative estimate of drug-likeness (QED) is 0.753. The second-order valence-electron chi connectivity index (χ2n) is 4.03. The van der Waals surface area contributed by atoms with Gasteiger partial charge in [-0.15, -0.1) is 0 Å². The summed E-state index contributed by atoms with van der Waals surface area (Å²) in [5, 5.41) is 3.53. The molecule has 0 aliphatic rings. The molecule has 1 heteroatoms. The van der Waals surface area contributed by atoms with Gasteiger partial charge >= 0.3 is 0 Å². The number of benzene rings is 1. The van der Waals surface area contributed by atoms with Crippen LogP contribution in [-0.4, -0.2) is 12.6 Å². The number of hydrogen-bond acceptors (Lipinski definition) is 1. The maximum absolute atomic E-state index is 3.53. The summed E-state index contributed by atoms with van der Waals surface area (Å²) in [4.78, 5) is 0. The highest BCUT2D eigenvalue weighted by Crippen LogP contribution is 2.13. The van der Waals surface area contributed by atoms with E-state index < -0.39 is 0 Å². The van der Waals surface area contributed by atoms with Crippen LogP contribution in [0.2, 0.25) is 0 Å². The first kappa shape index (κ1) is 11.3. The van der Waals surface area contributed by atoms with E-state index in [1.165, 1.54) is 12.0 Å². The zero-order valence-electron chi connectivity index (χ0n) is 9.46. The Morgan fingerprint density at radius 2 is 1.79 bits per heavy atom. The molecule has 1 aromatic rings. The van der Waals surface area contributed by atoms with Crippen LogP contribution < -0.4 is 5.32 Å². The molecule has 0 amide bonds. The van der Waals surface area contributed by atoms with E-state index in [0.717, 1.165) is 6.54 Å². The largest absolute Gasteiger partial charge is 0.314 e. The molecule has 0 aliphatic carbocycles. The van der Waals surface area contributed by atoms with Crippen LogP contribution >= 0.6 is 0 Å². The monoisotopic (exact) mass is 191 g/mol. The third-order valence-electron chi connectivity index (χ3n) is 2.75. The molecule has 0 fully saturated rings. The van der Waals surface area contributed by atoms with Crippen molar-refractivity contribution in [2.24, 2.45) is 0 Å². The molecule has 0 saturated heterocycles. The Bertz CT molecular complexity index is 243. The third-order valence-corrected chi connectivity index (χ3v) is 2.75. The molecular formula is C13H21N. The van der Waals surface area contributed by atoms with Crippen LogP contribution in [0.15, 0.2) is 30.3 Å². The molecule has 14 heavy (non-hydrogen) atoms. The third kappa shape index (κ3) is 3.51. The van der Waals surface area contributed by atoms with Crippen LogP contribution in [0, 0.1) is 0 Å². The first-order valence-electron chi connectivity index (χ1n) is 5.52. The summed E-state index contributed by atoms with van der Waals surface area (Å²) in [6.45, 7) is 7.78. The van der Waals surface area contributed by atoms with E-state index in [-0.39, 0.29) is 0 Å². The lowest BCUT2D eigenvalue weighted by atomic mass is 10.0. The minimum atomic E-state index is 0.602. The van der Waals surface area contributed by atoms with Crippen LogP contribution in [-0.2, 0) is 0 Å². The molecule has 0 radical (unpaired) electrons. The van der Waals surface area contributed by atoms with Gasteiger partial charge in [-0.3, -0.25) is 0 Å². The molecule has 1 N–H and O–H groups in total. The molecular weight excluding hydrogens is 170 g/mol. The molecule has 1 rings (SSSR count). The van der Waals surface area contributed by atoms with E-state index in [4.69, 9.17) is 0 Å². The van der Waals surface area contributed by atoms with Crippen molar-refractivity contribution >= 4 is 0 Å². The summed E-state index contributed by atoms with van der Waals surface area (Å²) in [5.41, 5.74) is 1.42. The first-order chi connectivity index (χ1) is 6.74. The first-order valence-corrected chi connectivity index (χ1v) is 5.52. The Morgan fingerprint density at radius 1 is 1.14 bits per heavy atom. The molecule has 0 unspecified atom stereocenters. The minimum Gasteiger partial charge on any atom is -0.314 e. The second-order valence-corrected chi connectivity index (χ2v) is 4.03. The van der Waals surface area contributed by atoms with E-state index in [1.54, 1.807) is 0 Å². The van der Waals surface area contributed by atoms with Crippen molar-refractivity contribution < 1.29 is 0 Å². The summed E-state index contributed by atoms with van der Waals surface area (Å²) in [5.74, 6) is 0.602. The highest BCUT2D eigenvalue weighted by molar-refractivity contribution is 5.18. The lowest BCUT2D eigenvalue weighted by molar-refractivity contribution is 0.508. The Labute approximate surface area is 87.5 Å². The van der Waals surface area contributed by atoms with Gasteiger partial charge in [-0.1, -0.05) is 44.2 Å². The second kappa shape index (κ2) is 5.82. The normalized spacial score (nSPS) is 15.1. The van der Waals surface area contributed by atoms with Gasteiger partial charge in [0.05, 0.1) is 0 Å². The molecule has 1 aromatic carbocycles. The maximum Gasteiger partial charge on any atom is 0.00363 e. The SMILES string of the molecule is CC[C@@H](C)NC[C@H](C)c1ccccc1. The molecule has 0 aliphatic heterocycles. The molecule has 0 saturated carbocycles. The Morgan fingerprint density at radius 3 is 2.36 bits per heavy atom. The molecule has 0 bridgehead atoms. The lowest BCUT2D eigenvalue weighted by Gasteiger charge is -2.16.